The molecule has 1 rings (SSSR count). The molecule has 0 aromatic carbocycles. The summed E-state index contributed by atoms with van der Waals surface area (Å²) in [7, 11) is 0. The van der Waals surface area contributed by atoms with Crippen LogP contribution in [0.5, 0.6) is 0 Å². The summed E-state index contributed by atoms with van der Waals surface area (Å²) in [5.41, 5.74) is 0. The Morgan fingerprint density at radius 3 is 2.82 bits per heavy atom. The first-order valence-corrected chi connectivity index (χ1v) is 4.31. The van der Waals surface area contributed by atoms with Crippen molar-refractivity contribution in [1.29, 1.82) is 0 Å². The lowest BCUT2D eigenvalue weighted by Gasteiger charge is -2.29. The molecular formula is C9H16O2. The topological polar surface area (TPSA) is 26.3 Å². The Morgan fingerprint density at radius 2 is 2.27 bits per heavy atom. The van der Waals surface area contributed by atoms with Crippen molar-refractivity contribution in [3.8, 4) is 0 Å². The Morgan fingerprint density at radius 1 is 1.55 bits per heavy atom. The lowest BCUT2D eigenvalue weighted by molar-refractivity contribution is -0.117. The first-order chi connectivity index (χ1) is 5.24. The van der Waals surface area contributed by atoms with Gasteiger partial charge in [0.1, 0.15) is 6.29 Å². The molecule has 0 saturated carbocycles. The Hall–Kier alpha value is -0.370. The quantitative estimate of drug-likeness (QED) is 0.568. The Bertz CT molecular complexity index is 132. The van der Waals surface area contributed by atoms with Gasteiger partial charge in [-0.1, -0.05) is 13.8 Å². The first-order valence-electron chi connectivity index (χ1n) is 4.31. The van der Waals surface area contributed by atoms with E-state index in [0.29, 0.717) is 12.0 Å². The minimum atomic E-state index is 0.246. The van der Waals surface area contributed by atoms with Crippen LogP contribution in [0.2, 0.25) is 0 Å². The SMILES string of the molecule is CC(C)[C@H]1C[C@@H](C=O)CCO1. The van der Waals surface area contributed by atoms with Gasteiger partial charge >= 0.3 is 0 Å². The maximum absolute atomic E-state index is 10.5. The molecule has 0 aromatic heterocycles. The lowest BCUT2D eigenvalue weighted by atomic mass is 9.91. The van der Waals surface area contributed by atoms with Crippen LogP contribution in [-0.2, 0) is 9.53 Å². The van der Waals surface area contributed by atoms with Crippen molar-refractivity contribution in [2.75, 3.05) is 6.61 Å². The highest BCUT2D eigenvalue weighted by Gasteiger charge is 2.23. The van der Waals surface area contributed by atoms with Crippen molar-refractivity contribution < 1.29 is 9.53 Å². The molecule has 1 heterocycles. The third kappa shape index (κ3) is 2.29. The van der Waals surface area contributed by atoms with Crippen LogP contribution in [-0.4, -0.2) is 19.0 Å². The predicted molar refractivity (Wildman–Crippen MR) is 43.4 cm³/mol. The van der Waals surface area contributed by atoms with Gasteiger partial charge in [-0.2, -0.15) is 0 Å². The standard InChI is InChI=1S/C9H16O2/c1-7(2)9-5-8(6-10)3-4-11-9/h6-9H,3-5H2,1-2H3/t8-,9+/m0/s1. The molecule has 1 fully saturated rings. The molecule has 1 aliphatic rings. The number of ether oxygens (including phenoxy) is 1. The van der Waals surface area contributed by atoms with Gasteiger partial charge in [0.05, 0.1) is 6.10 Å². The largest absolute Gasteiger partial charge is 0.378 e. The summed E-state index contributed by atoms with van der Waals surface area (Å²) in [6, 6.07) is 0. The van der Waals surface area contributed by atoms with Crippen LogP contribution in [0, 0.1) is 11.8 Å². The molecule has 0 aromatic rings. The number of hydrogen-bond donors (Lipinski definition) is 0. The maximum Gasteiger partial charge on any atom is 0.123 e. The molecule has 11 heavy (non-hydrogen) atoms. The second-order valence-electron chi connectivity index (χ2n) is 3.57. The van der Waals surface area contributed by atoms with Gasteiger partial charge in [0.2, 0.25) is 0 Å². The molecule has 2 atom stereocenters. The molecule has 64 valence electrons. The summed E-state index contributed by atoms with van der Waals surface area (Å²) in [5, 5.41) is 0. The van der Waals surface area contributed by atoms with Crippen molar-refractivity contribution in [1.82, 2.24) is 0 Å². The molecule has 0 bridgehead atoms. The normalized spacial score (nSPS) is 32.3. The van der Waals surface area contributed by atoms with Crippen molar-refractivity contribution in [3.05, 3.63) is 0 Å². The van der Waals surface area contributed by atoms with Gasteiger partial charge in [-0.25, -0.2) is 0 Å². The molecule has 1 saturated heterocycles. The monoisotopic (exact) mass is 156 g/mol. The summed E-state index contributed by atoms with van der Waals surface area (Å²) < 4.78 is 5.51. The molecule has 2 nitrogen and oxygen atoms in total. The van der Waals surface area contributed by atoms with E-state index in [2.05, 4.69) is 13.8 Å². The average molecular weight is 156 g/mol. The van der Waals surface area contributed by atoms with E-state index in [1.54, 1.807) is 0 Å². The van der Waals surface area contributed by atoms with Crippen LogP contribution in [0.15, 0.2) is 0 Å². The Labute approximate surface area is 67.9 Å². The zero-order chi connectivity index (χ0) is 8.27. The zero-order valence-electron chi connectivity index (χ0n) is 7.25. The Balaban J connectivity index is 2.39. The summed E-state index contributed by atoms with van der Waals surface area (Å²) in [6.07, 6.45) is 3.20. The summed E-state index contributed by atoms with van der Waals surface area (Å²) in [5.74, 6) is 0.786. The highest BCUT2D eigenvalue weighted by molar-refractivity contribution is 5.53. The van der Waals surface area contributed by atoms with Gasteiger partial charge in [-0.05, 0) is 18.8 Å². The van der Waals surface area contributed by atoms with Gasteiger partial charge in [0.15, 0.2) is 0 Å². The second kappa shape index (κ2) is 3.86. The molecular weight excluding hydrogens is 140 g/mol. The van der Waals surface area contributed by atoms with E-state index in [-0.39, 0.29) is 5.92 Å². The third-order valence-corrected chi connectivity index (χ3v) is 2.29. The summed E-state index contributed by atoms with van der Waals surface area (Å²) >= 11 is 0. The summed E-state index contributed by atoms with van der Waals surface area (Å²) in [6.45, 7) is 5.03. The second-order valence-corrected chi connectivity index (χ2v) is 3.57. The molecule has 2 heteroatoms. The van der Waals surface area contributed by atoms with Crippen LogP contribution < -0.4 is 0 Å². The van der Waals surface area contributed by atoms with E-state index in [1.807, 2.05) is 0 Å². The van der Waals surface area contributed by atoms with Crippen LogP contribution in [0.4, 0.5) is 0 Å². The van der Waals surface area contributed by atoms with Gasteiger partial charge < -0.3 is 9.53 Å². The lowest BCUT2D eigenvalue weighted by Crippen LogP contribution is -2.30. The van der Waals surface area contributed by atoms with Gasteiger partial charge in [-0.15, -0.1) is 0 Å². The van der Waals surface area contributed by atoms with Gasteiger partial charge in [-0.3, -0.25) is 0 Å². The molecule has 1 aliphatic heterocycles. The molecule has 0 aliphatic carbocycles. The fourth-order valence-electron chi connectivity index (χ4n) is 1.44. The molecule has 0 N–H and O–H groups in total. The van der Waals surface area contributed by atoms with Crippen molar-refractivity contribution in [2.24, 2.45) is 11.8 Å². The minimum Gasteiger partial charge on any atom is -0.378 e. The van der Waals surface area contributed by atoms with Crippen LogP contribution in [0.1, 0.15) is 26.7 Å². The number of hydrogen-bond acceptors (Lipinski definition) is 2. The van der Waals surface area contributed by atoms with Crippen LogP contribution in [0.25, 0.3) is 0 Å². The van der Waals surface area contributed by atoms with Crippen LogP contribution >= 0.6 is 0 Å². The van der Waals surface area contributed by atoms with Crippen molar-refractivity contribution in [3.63, 3.8) is 0 Å². The third-order valence-electron chi connectivity index (χ3n) is 2.29. The highest BCUT2D eigenvalue weighted by atomic mass is 16.5. The van der Waals surface area contributed by atoms with Gasteiger partial charge in [0.25, 0.3) is 0 Å². The highest BCUT2D eigenvalue weighted by Crippen LogP contribution is 2.23. The average Bonchev–Trinajstić information content (AvgIpc) is 2.05. The fraction of sp³-hybridized carbons (Fsp3) is 0.889. The van der Waals surface area contributed by atoms with Crippen molar-refractivity contribution in [2.45, 2.75) is 32.8 Å². The van der Waals surface area contributed by atoms with E-state index >= 15 is 0 Å². The zero-order valence-corrected chi connectivity index (χ0v) is 7.25. The van der Waals surface area contributed by atoms with E-state index in [9.17, 15) is 4.79 Å². The number of carbonyl (C=O) groups excluding carboxylic acids is 1. The maximum atomic E-state index is 10.5. The number of aldehydes is 1. The number of rotatable bonds is 2. The fourth-order valence-corrected chi connectivity index (χ4v) is 1.44. The van der Waals surface area contributed by atoms with E-state index in [0.717, 1.165) is 25.7 Å². The molecule has 0 amide bonds. The molecule has 0 radical (unpaired) electrons. The molecule has 0 spiro atoms. The van der Waals surface area contributed by atoms with Crippen LogP contribution in [0.3, 0.4) is 0 Å². The number of carbonyl (C=O) groups is 1. The minimum absolute atomic E-state index is 0.246. The summed E-state index contributed by atoms with van der Waals surface area (Å²) in [4.78, 5) is 10.5. The van der Waals surface area contributed by atoms with E-state index < -0.39 is 0 Å². The first kappa shape index (κ1) is 8.72. The predicted octanol–water partition coefficient (Wildman–Crippen LogP) is 1.64. The van der Waals surface area contributed by atoms with E-state index in [1.165, 1.54) is 0 Å². The van der Waals surface area contributed by atoms with Crippen molar-refractivity contribution >= 4 is 6.29 Å². The Kier molecular flexibility index (Phi) is 3.06. The smallest absolute Gasteiger partial charge is 0.123 e. The van der Waals surface area contributed by atoms with Gasteiger partial charge in [0, 0.05) is 12.5 Å². The molecule has 0 unspecified atom stereocenters. The van der Waals surface area contributed by atoms with E-state index in [4.69, 9.17) is 4.74 Å².